The van der Waals surface area contributed by atoms with Crippen LogP contribution in [0.15, 0.2) is 253 Å². The minimum atomic E-state index is -0.590. The Balaban J connectivity index is 1.06. The Labute approximate surface area is 367 Å². The van der Waals surface area contributed by atoms with E-state index in [0.29, 0.717) is 0 Å². The van der Waals surface area contributed by atoms with Crippen LogP contribution in [-0.4, -0.2) is 0 Å². The Morgan fingerprint density at radius 1 is 0.317 bits per heavy atom. The lowest BCUT2D eigenvalue weighted by atomic mass is 9.67. The molecule has 0 amide bonds. The third-order valence-electron chi connectivity index (χ3n) is 13.0. The predicted octanol–water partition coefficient (Wildman–Crippen LogP) is 16.4. The van der Waals surface area contributed by atoms with Gasteiger partial charge in [-0.25, -0.2) is 0 Å². The Morgan fingerprint density at radius 2 is 0.794 bits per heavy atom. The summed E-state index contributed by atoms with van der Waals surface area (Å²) in [6.07, 6.45) is 0. The van der Waals surface area contributed by atoms with Crippen molar-refractivity contribution in [3.63, 3.8) is 0 Å². The van der Waals surface area contributed by atoms with Gasteiger partial charge in [0.25, 0.3) is 0 Å². The van der Waals surface area contributed by atoms with Gasteiger partial charge < -0.3 is 9.32 Å². The number of fused-ring (bicyclic) bond motifs is 6. The van der Waals surface area contributed by atoms with Gasteiger partial charge in [-0.05, 0) is 92.0 Å². The smallest absolute Gasteiger partial charge is 0.143 e. The molecule has 1 aromatic heterocycles. The first-order valence-corrected chi connectivity index (χ1v) is 21.7. The number of furan rings is 1. The van der Waals surface area contributed by atoms with E-state index >= 15 is 0 Å². The van der Waals surface area contributed by atoms with Crippen LogP contribution in [0.2, 0.25) is 0 Å². The average Bonchev–Trinajstić information content (AvgIpc) is 3.90. The number of benzene rings is 10. The maximum Gasteiger partial charge on any atom is 0.143 e. The van der Waals surface area contributed by atoms with Gasteiger partial charge in [0.05, 0.1) is 11.1 Å². The molecule has 10 aromatic carbocycles. The highest BCUT2D eigenvalue weighted by molar-refractivity contribution is 6.09. The van der Waals surface area contributed by atoms with E-state index in [9.17, 15) is 0 Å². The van der Waals surface area contributed by atoms with Crippen molar-refractivity contribution in [2.24, 2.45) is 0 Å². The van der Waals surface area contributed by atoms with Gasteiger partial charge in [-0.3, -0.25) is 0 Å². The topological polar surface area (TPSA) is 16.4 Å². The molecule has 0 bridgehead atoms. The monoisotopic (exact) mass is 803 g/mol. The molecule has 0 saturated carbocycles. The first-order valence-electron chi connectivity index (χ1n) is 21.7. The van der Waals surface area contributed by atoms with E-state index in [4.69, 9.17) is 4.42 Å². The Bertz CT molecular complexity index is 3330. The highest BCUT2D eigenvalue weighted by atomic mass is 16.3. The van der Waals surface area contributed by atoms with Crippen LogP contribution in [0.3, 0.4) is 0 Å². The fourth-order valence-electron chi connectivity index (χ4n) is 10.1. The van der Waals surface area contributed by atoms with E-state index in [1.165, 1.54) is 55.6 Å². The molecule has 2 heteroatoms. The fourth-order valence-corrected chi connectivity index (χ4v) is 10.1. The summed E-state index contributed by atoms with van der Waals surface area (Å²) in [5, 5.41) is 2.27. The number of hydrogen-bond donors (Lipinski definition) is 0. The van der Waals surface area contributed by atoms with Crippen molar-refractivity contribution in [3.05, 3.63) is 271 Å². The first kappa shape index (κ1) is 36.6. The lowest BCUT2D eigenvalue weighted by molar-refractivity contribution is 0.670. The van der Waals surface area contributed by atoms with Crippen molar-refractivity contribution in [1.29, 1.82) is 0 Å². The molecule has 2 nitrogen and oxygen atoms in total. The second-order valence-corrected chi connectivity index (χ2v) is 16.4. The molecule has 11 aromatic rings. The fraction of sp³-hybridized carbons (Fsp3) is 0.0164. The predicted molar refractivity (Wildman–Crippen MR) is 262 cm³/mol. The van der Waals surface area contributed by atoms with Gasteiger partial charge in [0.1, 0.15) is 11.2 Å². The highest BCUT2D eigenvalue weighted by Gasteiger charge is 2.47. The minimum absolute atomic E-state index is 0.590. The average molecular weight is 804 g/mol. The van der Waals surface area contributed by atoms with Crippen LogP contribution in [0, 0.1) is 0 Å². The van der Waals surface area contributed by atoms with Crippen molar-refractivity contribution in [2.75, 3.05) is 4.90 Å². The largest absolute Gasteiger partial charge is 0.455 e. The third-order valence-corrected chi connectivity index (χ3v) is 13.0. The Morgan fingerprint density at radius 3 is 1.46 bits per heavy atom. The standard InChI is InChI=1S/C61H41NO/c1-4-16-42(17-5-1)44-32-38-49(39-33-44)62(50-40-34-45(35-41-50)43-18-6-2-7-19-43)57-28-15-27-56-59(57)54-23-10-12-26-55(54)61(56,47-20-8-3-9-21-47)48-36-30-46(31-37-48)51-24-14-25-53-52-22-11-13-29-58(52)63-60(51)53/h1-41H. The molecule has 63 heavy (non-hydrogen) atoms. The highest BCUT2D eigenvalue weighted by Crippen LogP contribution is 2.59. The van der Waals surface area contributed by atoms with Gasteiger partial charge in [0.15, 0.2) is 0 Å². The summed E-state index contributed by atoms with van der Waals surface area (Å²) >= 11 is 0. The van der Waals surface area contributed by atoms with E-state index in [0.717, 1.165) is 50.1 Å². The van der Waals surface area contributed by atoms with E-state index in [-0.39, 0.29) is 0 Å². The van der Waals surface area contributed by atoms with Crippen molar-refractivity contribution in [1.82, 2.24) is 0 Å². The molecule has 0 aliphatic heterocycles. The second kappa shape index (κ2) is 15.1. The molecule has 296 valence electrons. The SMILES string of the molecule is c1ccc(-c2ccc(N(c3ccc(-c4ccccc4)cc3)c3cccc4c3-c3ccccc3C4(c3ccccc3)c3ccc(-c4cccc5c4oc4ccccc45)cc3)cc2)cc1. The summed E-state index contributed by atoms with van der Waals surface area (Å²) < 4.78 is 6.51. The van der Waals surface area contributed by atoms with Crippen LogP contribution in [0.4, 0.5) is 17.1 Å². The zero-order chi connectivity index (χ0) is 41.7. The first-order chi connectivity index (χ1) is 31.3. The molecule has 1 atom stereocenters. The van der Waals surface area contributed by atoms with Crippen molar-refractivity contribution in [2.45, 2.75) is 5.41 Å². The van der Waals surface area contributed by atoms with Gasteiger partial charge in [-0.15, -0.1) is 0 Å². The summed E-state index contributed by atoms with van der Waals surface area (Å²) in [5.74, 6) is 0. The molecule has 1 aliphatic rings. The van der Waals surface area contributed by atoms with Crippen molar-refractivity contribution in [3.8, 4) is 44.5 Å². The van der Waals surface area contributed by atoms with Gasteiger partial charge >= 0.3 is 0 Å². The molecule has 1 aliphatic carbocycles. The van der Waals surface area contributed by atoms with Gasteiger partial charge in [-0.2, -0.15) is 0 Å². The van der Waals surface area contributed by atoms with Crippen LogP contribution < -0.4 is 4.90 Å². The third kappa shape index (κ3) is 5.95. The van der Waals surface area contributed by atoms with Crippen LogP contribution in [0.25, 0.3) is 66.4 Å². The molecular weight excluding hydrogens is 763 g/mol. The minimum Gasteiger partial charge on any atom is -0.455 e. The van der Waals surface area contributed by atoms with Crippen LogP contribution in [0.1, 0.15) is 22.3 Å². The lowest BCUT2D eigenvalue weighted by Gasteiger charge is -2.34. The van der Waals surface area contributed by atoms with E-state index in [1.54, 1.807) is 0 Å². The molecule has 0 spiro atoms. The second-order valence-electron chi connectivity index (χ2n) is 16.4. The number of rotatable bonds is 8. The van der Waals surface area contributed by atoms with Gasteiger partial charge in [0, 0.05) is 33.3 Å². The number of anilines is 3. The van der Waals surface area contributed by atoms with Crippen molar-refractivity contribution < 1.29 is 4.42 Å². The van der Waals surface area contributed by atoms with Gasteiger partial charge in [0.2, 0.25) is 0 Å². The molecule has 0 radical (unpaired) electrons. The number of nitrogens with zero attached hydrogens (tertiary/aromatic N) is 1. The molecule has 12 rings (SSSR count). The quantitative estimate of drug-likeness (QED) is 0.152. The summed E-state index contributed by atoms with van der Waals surface area (Å²) in [5.41, 5.74) is 18.9. The van der Waals surface area contributed by atoms with Crippen LogP contribution in [-0.2, 0) is 5.41 Å². The number of hydrogen-bond acceptors (Lipinski definition) is 2. The van der Waals surface area contributed by atoms with Crippen molar-refractivity contribution >= 4 is 39.0 Å². The Hall–Kier alpha value is -8.20. The molecule has 1 unspecified atom stereocenters. The molecular formula is C61H41NO. The van der Waals surface area contributed by atoms with Gasteiger partial charge in [-0.1, -0.05) is 212 Å². The zero-order valence-corrected chi connectivity index (χ0v) is 34.5. The molecule has 0 fully saturated rings. The normalized spacial score (nSPS) is 14.1. The van der Waals surface area contributed by atoms with Crippen LogP contribution >= 0.6 is 0 Å². The Kier molecular flexibility index (Phi) is 8.76. The summed E-state index contributed by atoms with van der Waals surface area (Å²) in [6.45, 7) is 0. The maximum absolute atomic E-state index is 6.51. The van der Waals surface area contributed by atoms with E-state index < -0.39 is 5.41 Å². The molecule has 0 saturated heterocycles. The number of para-hydroxylation sites is 2. The molecule has 1 heterocycles. The summed E-state index contributed by atoms with van der Waals surface area (Å²) in [7, 11) is 0. The van der Waals surface area contributed by atoms with E-state index in [1.807, 2.05) is 6.07 Å². The summed E-state index contributed by atoms with van der Waals surface area (Å²) in [4.78, 5) is 2.44. The lowest BCUT2D eigenvalue weighted by Crippen LogP contribution is -2.28. The summed E-state index contributed by atoms with van der Waals surface area (Å²) in [6, 6.07) is 90.2. The van der Waals surface area contributed by atoms with E-state index in [2.05, 4.69) is 248 Å². The molecule has 0 N–H and O–H groups in total. The maximum atomic E-state index is 6.51. The van der Waals surface area contributed by atoms with Crippen LogP contribution in [0.5, 0.6) is 0 Å². The zero-order valence-electron chi connectivity index (χ0n) is 34.5.